The van der Waals surface area contributed by atoms with Crippen molar-refractivity contribution in [2.24, 2.45) is 23.7 Å². The van der Waals surface area contributed by atoms with Gasteiger partial charge in [-0.3, -0.25) is 19.3 Å². The van der Waals surface area contributed by atoms with E-state index in [0.29, 0.717) is 28.8 Å². The van der Waals surface area contributed by atoms with Gasteiger partial charge in [0.25, 0.3) is 5.91 Å². The first-order valence-corrected chi connectivity index (χ1v) is 10.0. The van der Waals surface area contributed by atoms with Crippen LogP contribution in [0.4, 0.5) is 11.4 Å². The molecule has 2 bridgehead atoms. The molecule has 3 amide bonds. The maximum atomic E-state index is 13.0. The number of nitrogens with one attached hydrogen (secondary N) is 1. The summed E-state index contributed by atoms with van der Waals surface area (Å²) in [6.07, 6.45) is 3.00. The maximum Gasteiger partial charge on any atom is 0.255 e. The van der Waals surface area contributed by atoms with Crippen molar-refractivity contribution in [1.82, 2.24) is 0 Å². The lowest BCUT2D eigenvalue weighted by Gasteiger charge is -2.19. The first-order chi connectivity index (χ1) is 14.4. The smallest absolute Gasteiger partial charge is 0.255 e. The molecule has 30 heavy (non-hydrogen) atoms. The van der Waals surface area contributed by atoms with E-state index >= 15 is 0 Å². The minimum absolute atomic E-state index is 0.0144. The summed E-state index contributed by atoms with van der Waals surface area (Å²) in [6, 6.07) is 12.1. The number of nitrogens with zero attached hydrogens (tertiary/aromatic N) is 1. The van der Waals surface area contributed by atoms with Crippen molar-refractivity contribution in [3.05, 3.63) is 59.7 Å². The second-order valence-electron chi connectivity index (χ2n) is 8.27. The van der Waals surface area contributed by atoms with Crippen LogP contribution in [0.2, 0.25) is 0 Å². The fraction of sp³-hybridized carbons (Fsp3) is 0.304. The van der Waals surface area contributed by atoms with Crippen molar-refractivity contribution in [3.63, 3.8) is 0 Å². The number of amides is 3. The van der Waals surface area contributed by atoms with Crippen LogP contribution in [-0.4, -0.2) is 23.7 Å². The highest BCUT2D eigenvalue weighted by atomic mass is 16.4. The predicted molar refractivity (Wildman–Crippen MR) is 105 cm³/mol. The average molecular weight is 403 g/mol. The number of hydrogen-bond donors (Lipinski definition) is 1. The second kappa shape index (κ2) is 6.79. The topological polar surface area (TPSA) is 107 Å². The van der Waals surface area contributed by atoms with Crippen LogP contribution >= 0.6 is 0 Å². The zero-order chi connectivity index (χ0) is 21.0. The number of rotatable bonds is 4. The Balaban J connectivity index is 1.37. The highest BCUT2D eigenvalue weighted by molar-refractivity contribution is 6.23. The van der Waals surface area contributed by atoms with Crippen LogP contribution in [0.15, 0.2) is 48.5 Å². The van der Waals surface area contributed by atoms with Crippen molar-refractivity contribution in [1.29, 1.82) is 0 Å². The fourth-order valence-corrected chi connectivity index (χ4v) is 5.34. The Morgan fingerprint density at radius 1 is 0.900 bits per heavy atom. The van der Waals surface area contributed by atoms with Gasteiger partial charge in [-0.1, -0.05) is 18.2 Å². The third kappa shape index (κ3) is 2.81. The number of carbonyl (C=O) groups is 4. The van der Waals surface area contributed by atoms with E-state index in [0.717, 1.165) is 19.3 Å². The van der Waals surface area contributed by atoms with Crippen LogP contribution < -0.4 is 15.3 Å². The molecule has 7 heteroatoms. The van der Waals surface area contributed by atoms with E-state index in [1.54, 1.807) is 24.3 Å². The third-order valence-corrected chi connectivity index (χ3v) is 6.67. The third-order valence-electron chi connectivity index (χ3n) is 6.67. The van der Waals surface area contributed by atoms with Crippen LogP contribution in [-0.2, 0) is 9.59 Å². The summed E-state index contributed by atoms with van der Waals surface area (Å²) in [4.78, 5) is 50.7. The maximum absolute atomic E-state index is 13.0. The first-order valence-electron chi connectivity index (χ1n) is 10.0. The minimum atomic E-state index is -1.29. The van der Waals surface area contributed by atoms with Crippen molar-refractivity contribution < 1.29 is 24.3 Å². The van der Waals surface area contributed by atoms with Crippen molar-refractivity contribution >= 4 is 35.1 Å². The van der Waals surface area contributed by atoms with Crippen molar-refractivity contribution in [3.8, 4) is 0 Å². The number of aromatic carboxylic acids is 1. The number of imide groups is 1. The van der Waals surface area contributed by atoms with Gasteiger partial charge in [0.2, 0.25) is 11.8 Å². The number of carboxylic acids is 1. The van der Waals surface area contributed by atoms with Crippen LogP contribution in [0, 0.1) is 23.7 Å². The quantitative estimate of drug-likeness (QED) is 0.784. The first kappa shape index (κ1) is 18.5. The van der Waals surface area contributed by atoms with Gasteiger partial charge in [0.05, 0.1) is 23.5 Å². The molecule has 1 saturated heterocycles. The van der Waals surface area contributed by atoms with Gasteiger partial charge in [0, 0.05) is 11.3 Å². The molecule has 1 N–H and O–H groups in total. The second-order valence-corrected chi connectivity index (χ2v) is 8.27. The summed E-state index contributed by atoms with van der Waals surface area (Å²) >= 11 is 0. The number of carbonyl (C=O) groups excluding carboxylic acids is 4. The molecule has 152 valence electrons. The highest BCUT2D eigenvalue weighted by Crippen LogP contribution is 2.56. The standard InChI is InChI=1S/C23H20N2O5/c26-20(24-16-8-6-12(7-9-16)23(29)30)15-2-1-3-17(11-15)25-21(27)18-13-4-5-14(10-13)19(18)22(25)28/h1-3,6-9,11,13-14,18-19H,4-5,10H2,(H,24,26)(H,29,30)/p-1/t13-,14+,18-,19+. The molecule has 3 aliphatic rings. The van der Waals surface area contributed by atoms with Crippen LogP contribution in [0.5, 0.6) is 0 Å². The van der Waals surface area contributed by atoms with Gasteiger partial charge in [-0.2, -0.15) is 0 Å². The lowest BCUT2D eigenvalue weighted by atomic mass is 9.81. The van der Waals surface area contributed by atoms with E-state index in [-0.39, 0.29) is 29.2 Å². The zero-order valence-corrected chi connectivity index (χ0v) is 16.0. The summed E-state index contributed by atoms with van der Waals surface area (Å²) in [6.45, 7) is 0. The Bertz CT molecular complexity index is 1050. The lowest BCUT2D eigenvalue weighted by Crippen LogP contribution is -2.33. The Hall–Kier alpha value is -3.48. The van der Waals surface area contributed by atoms with E-state index in [4.69, 9.17) is 0 Å². The SMILES string of the molecule is O=C([O-])c1ccc(NC(=O)c2cccc(N3C(=O)[C@@H]4[C@@H]5CC[C@@H](C5)[C@@H]4C3=O)c2)cc1. The molecule has 3 fully saturated rings. The monoisotopic (exact) mass is 403 g/mol. The fourth-order valence-electron chi connectivity index (χ4n) is 5.34. The van der Waals surface area contributed by atoms with Gasteiger partial charge < -0.3 is 15.2 Å². The molecular formula is C23H19N2O5-. The number of hydrogen-bond acceptors (Lipinski definition) is 5. The molecule has 2 aromatic carbocycles. The molecule has 2 aliphatic carbocycles. The van der Waals surface area contributed by atoms with E-state index in [1.165, 1.54) is 29.2 Å². The summed E-state index contributed by atoms with van der Waals surface area (Å²) in [7, 11) is 0. The normalized spacial score (nSPS) is 26.7. The Kier molecular flexibility index (Phi) is 4.20. The molecule has 5 rings (SSSR count). The van der Waals surface area contributed by atoms with Gasteiger partial charge in [0.15, 0.2) is 0 Å². The van der Waals surface area contributed by atoms with E-state index < -0.39 is 11.9 Å². The molecule has 2 saturated carbocycles. The summed E-state index contributed by atoms with van der Waals surface area (Å²) in [5.74, 6) is -1.82. The minimum Gasteiger partial charge on any atom is -0.545 e. The lowest BCUT2D eigenvalue weighted by molar-refractivity contribution is -0.255. The molecule has 1 heterocycles. The van der Waals surface area contributed by atoms with Crippen molar-refractivity contribution in [2.75, 3.05) is 10.2 Å². The molecular weight excluding hydrogens is 384 g/mol. The van der Waals surface area contributed by atoms with Gasteiger partial charge in [-0.05, 0) is 67.0 Å². The number of anilines is 2. The Labute approximate surface area is 172 Å². The molecule has 7 nitrogen and oxygen atoms in total. The Morgan fingerprint density at radius 3 is 2.13 bits per heavy atom. The molecule has 0 aromatic heterocycles. The predicted octanol–water partition coefficient (Wildman–Crippen LogP) is 1.84. The van der Waals surface area contributed by atoms with E-state index in [1.807, 2.05) is 0 Å². The summed E-state index contributed by atoms with van der Waals surface area (Å²) < 4.78 is 0. The molecule has 4 atom stereocenters. The highest BCUT2D eigenvalue weighted by Gasteiger charge is 2.61. The van der Waals surface area contributed by atoms with Crippen LogP contribution in [0.3, 0.4) is 0 Å². The summed E-state index contributed by atoms with van der Waals surface area (Å²) in [5, 5.41) is 13.5. The largest absolute Gasteiger partial charge is 0.545 e. The van der Waals surface area contributed by atoms with E-state index in [9.17, 15) is 24.3 Å². The number of carboxylic acid groups (broad SMARTS) is 1. The molecule has 0 unspecified atom stereocenters. The number of fused-ring (bicyclic) bond motifs is 5. The molecule has 0 radical (unpaired) electrons. The molecule has 1 aliphatic heterocycles. The van der Waals surface area contributed by atoms with Gasteiger partial charge in [-0.15, -0.1) is 0 Å². The zero-order valence-electron chi connectivity index (χ0n) is 16.0. The van der Waals surface area contributed by atoms with Crippen LogP contribution in [0.1, 0.15) is 40.0 Å². The molecule has 2 aromatic rings. The Morgan fingerprint density at radius 2 is 1.53 bits per heavy atom. The van der Waals surface area contributed by atoms with Gasteiger partial charge in [-0.25, -0.2) is 0 Å². The average Bonchev–Trinajstić information content (AvgIpc) is 3.42. The van der Waals surface area contributed by atoms with Crippen LogP contribution in [0.25, 0.3) is 0 Å². The summed E-state index contributed by atoms with van der Waals surface area (Å²) in [5.41, 5.74) is 1.16. The van der Waals surface area contributed by atoms with Crippen molar-refractivity contribution in [2.45, 2.75) is 19.3 Å². The molecule has 0 spiro atoms. The van der Waals surface area contributed by atoms with Gasteiger partial charge in [0.1, 0.15) is 0 Å². The van der Waals surface area contributed by atoms with E-state index in [2.05, 4.69) is 5.32 Å². The number of benzene rings is 2. The van der Waals surface area contributed by atoms with Gasteiger partial charge >= 0.3 is 0 Å².